The van der Waals surface area contributed by atoms with Crippen molar-refractivity contribution in [1.82, 2.24) is 4.90 Å². The summed E-state index contributed by atoms with van der Waals surface area (Å²) in [5.41, 5.74) is 1.75. The van der Waals surface area contributed by atoms with Gasteiger partial charge < -0.3 is 0 Å². The topological polar surface area (TPSA) is 3.24 Å². The summed E-state index contributed by atoms with van der Waals surface area (Å²) in [7, 11) is 2.20. The van der Waals surface area contributed by atoms with Gasteiger partial charge in [-0.1, -0.05) is 51.1 Å². The molecule has 0 amide bonds. The highest BCUT2D eigenvalue weighted by Gasteiger charge is 2.18. The van der Waals surface area contributed by atoms with Crippen LogP contribution in [-0.4, -0.2) is 18.5 Å². The summed E-state index contributed by atoms with van der Waals surface area (Å²) in [5, 5.41) is 0. The lowest BCUT2D eigenvalue weighted by atomic mass is 9.95. The van der Waals surface area contributed by atoms with Gasteiger partial charge in [-0.25, -0.2) is 0 Å². The summed E-state index contributed by atoms with van der Waals surface area (Å²) >= 11 is 0. The SMILES string of the molecule is C[C@H](c1ccccc1)N(C)CC(C)(C)C. The Morgan fingerprint density at radius 3 is 2.13 bits per heavy atom. The Morgan fingerprint density at radius 1 is 1.13 bits per heavy atom. The Hall–Kier alpha value is -0.820. The molecular formula is C14H23N. The largest absolute Gasteiger partial charge is 0.299 e. The maximum Gasteiger partial charge on any atom is 0.0317 e. The molecule has 1 heteroatoms. The first-order valence-corrected chi connectivity index (χ1v) is 5.65. The molecular weight excluding hydrogens is 182 g/mol. The fourth-order valence-corrected chi connectivity index (χ4v) is 1.87. The summed E-state index contributed by atoms with van der Waals surface area (Å²) in [6.45, 7) is 10.2. The van der Waals surface area contributed by atoms with E-state index in [0.29, 0.717) is 11.5 Å². The highest BCUT2D eigenvalue weighted by atomic mass is 15.1. The molecule has 0 aliphatic heterocycles. The van der Waals surface area contributed by atoms with Crippen LogP contribution < -0.4 is 0 Å². The second-order valence-electron chi connectivity index (χ2n) is 5.56. The summed E-state index contributed by atoms with van der Waals surface area (Å²) in [6, 6.07) is 11.2. The molecule has 1 nitrogen and oxygen atoms in total. The fraction of sp³-hybridized carbons (Fsp3) is 0.571. The Balaban J connectivity index is 2.65. The van der Waals surface area contributed by atoms with E-state index in [2.05, 4.69) is 70.0 Å². The molecule has 0 fully saturated rings. The van der Waals surface area contributed by atoms with Gasteiger partial charge in [0.15, 0.2) is 0 Å². The van der Waals surface area contributed by atoms with E-state index in [1.165, 1.54) is 5.56 Å². The van der Waals surface area contributed by atoms with Crippen molar-refractivity contribution in [2.75, 3.05) is 13.6 Å². The van der Waals surface area contributed by atoms with Crippen molar-refractivity contribution in [3.63, 3.8) is 0 Å². The molecule has 1 rings (SSSR count). The van der Waals surface area contributed by atoms with Crippen LogP contribution in [0.4, 0.5) is 0 Å². The summed E-state index contributed by atoms with van der Waals surface area (Å²) in [5.74, 6) is 0. The maximum absolute atomic E-state index is 2.41. The molecule has 0 saturated carbocycles. The second-order valence-corrected chi connectivity index (χ2v) is 5.56. The van der Waals surface area contributed by atoms with Crippen LogP contribution in [0.25, 0.3) is 0 Å². The first kappa shape index (κ1) is 12.3. The van der Waals surface area contributed by atoms with Gasteiger partial charge in [0.2, 0.25) is 0 Å². The van der Waals surface area contributed by atoms with Crippen molar-refractivity contribution in [3.8, 4) is 0 Å². The van der Waals surface area contributed by atoms with Crippen molar-refractivity contribution < 1.29 is 0 Å². The lowest BCUT2D eigenvalue weighted by molar-refractivity contribution is 0.182. The molecule has 1 aromatic carbocycles. The van der Waals surface area contributed by atoms with E-state index in [9.17, 15) is 0 Å². The third-order valence-corrected chi connectivity index (χ3v) is 2.67. The normalized spacial score (nSPS) is 14.3. The number of hydrogen-bond donors (Lipinski definition) is 0. The van der Waals surface area contributed by atoms with E-state index in [1.807, 2.05) is 0 Å². The molecule has 0 saturated heterocycles. The van der Waals surface area contributed by atoms with Crippen molar-refractivity contribution >= 4 is 0 Å². The van der Waals surface area contributed by atoms with E-state index in [4.69, 9.17) is 0 Å². The van der Waals surface area contributed by atoms with Gasteiger partial charge in [-0.05, 0) is 24.9 Å². The van der Waals surface area contributed by atoms with Gasteiger partial charge in [-0.2, -0.15) is 0 Å². The first-order valence-electron chi connectivity index (χ1n) is 5.65. The smallest absolute Gasteiger partial charge is 0.0317 e. The fourth-order valence-electron chi connectivity index (χ4n) is 1.87. The van der Waals surface area contributed by atoms with Crippen molar-refractivity contribution in [2.45, 2.75) is 33.7 Å². The van der Waals surface area contributed by atoms with Gasteiger partial charge in [0.1, 0.15) is 0 Å². The van der Waals surface area contributed by atoms with Crippen LogP contribution in [0.15, 0.2) is 30.3 Å². The molecule has 1 atom stereocenters. The third-order valence-electron chi connectivity index (χ3n) is 2.67. The zero-order chi connectivity index (χ0) is 11.5. The highest BCUT2D eigenvalue weighted by Crippen LogP contribution is 2.23. The molecule has 15 heavy (non-hydrogen) atoms. The van der Waals surface area contributed by atoms with E-state index < -0.39 is 0 Å². The lowest BCUT2D eigenvalue weighted by Gasteiger charge is -2.31. The summed E-state index contributed by atoms with van der Waals surface area (Å²) < 4.78 is 0. The standard InChI is InChI=1S/C14H23N/c1-12(13-9-7-6-8-10-13)15(5)11-14(2,3)4/h6-10,12H,11H2,1-5H3/t12-/m1/s1. The molecule has 0 aliphatic carbocycles. The average Bonchev–Trinajstić information content (AvgIpc) is 2.15. The number of hydrogen-bond acceptors (Lipinski definition) is 1. The predicted octanol–water partition coefficient (Wildman–Crippen LogP) is 3.73. The van der Waals surface area contributed by atoms with Crippen LogP contribution in [0.2, 0.25) is 0 Å². The second kappa shape index (κ2) is 4.80. The third kappa shape index (κ3) is 4.05. The minimum absolute atomic E-state index is 0.359. The Morgan fingerprint density at radius 2 is 1.67 bits per heavy atom. The van der Waals surface area contributed by atoms with Crippen LogP contribution in [-0.2, 0) is 0 Å². The molecule has 84 valence electrons. The molecule has 0 aliphatic rings. The van der Waals surface area contributed by atoms with E-state index >= 15 is 0 Å². The van der Waals surface area contributed by atoms with Gasteiger partial charge >= 0.3 is 0 Å². The first-order chi connectivity index (χ1) is 6.90. The summed E-state index contributed by atoms with van der Waals surface area (Å²) in [4.78, 5) is 2.41. The van der Waals surface area contributed by atoms with E-state index in [-0.39, 0.29) is 0 Å². The minimum atomic E-state index is 0.359. The van der Waals surface area contributed by atoms with E-state index in [1.54, 1.807) is 0 Å². The van der Waals surface area contributed by atoms with E-state index in [0.717, 1.165) is 6.54 Å². The van der Waals surface area contributed by atoms with Crippen molar-refractivity contribution in [1.29, 1.82) is 0 Å². The molecule has 1 aromatic rings. The molecule has 0 spiro atoms. The Bertz CT molecular complexity index is 284. The van der Waals surface area contributed by atoms with Gasteiger partial charge in [0.25, 0.3) is 0 Å². The Labute approximate surface area is 94.1 Å². The van der Waals surface area contributed by atoms with Crippen LogP contribution in [0.1, 0.15) is 39.3 Å². The molecule has 0 bridgehead atoms. The molecule has 0 unspecified atom stereocenters. The van der Waals surface area contributed by atoms with Gasteiger partial charge in [-0.3, -0.25) is 4.90 Å². The predicted molar refractivity (Wildman–Crippen MR) is 66.9 cm³/mol. The molecule has 0 N–H and O–H groups in total. The van der Waals surface area contributed by atoms with Crippen molar-refractivity contribution in [2.24, 2.45) is 5.41 Å². The number of benzene rings is 1. The van der Waals surface area contributed by atoms with Crippen LogP contribution in [0, 0.1) is 5.41 Å². The average molecular weight is 205 g/mol. The Kier molecular flexibility index (Phi) is 3.92. The van der Waals surface area contributed by atoms with Crippen LogP contribution >= 0.6 is 0 Å². The maximum atomic E-state index is 2.41. The van der Waals surface area contributed by atoms with Crippen LogP contribution in [0.3, 0.4) is 0 Å². The number of nitrogens with zero attached hydrogens (tertiary/aromatic N) is 1. The molecule has 0 radical (unpaired) electrons. The highest BCUT2D eigenvalue weighted by molar-refractivity contribution is 5.18. The van der Waals surface area contributed by atoms with Crippen LogP contribution in [0.5, 0.6) is 0 Å². The molecule has 0 aromatic heterocycles. The minimum Gasteiger partial charge on any atom is -0.299 e. The lowest BCUT2D eigenvalue weighted by Crippen LogP contribution is -2.31. The summed E-state index contributed by atoms with van der Waals surface area (Å²) in [6.07, 6.45) is 0. The zero-order valence-electron chi connectivity index (χ0n) is 10.6. The quantitative estimate of drug-likeness (QED) is 0.727. The number of rotatable bonds is 3. The molecule has 0 heterocycles. The van der Waals surface area contributed by atoms with Gasteiger partial charge in [-0.15, -0.1) is 0 Å². The van der Waals surface area contributed by atoms with Crippen molar-refractivity contribution in [3.05, 3.63) is 35.9 Å². The zero-order valence-corrected chi connectivity index (χ0v) is 10.6. The monoisotopic (exact) mass is 205 g/mol. The van der Waals surface area contributed by atoms with Gasteiger partial charge in [0, 0.05) is 12.6 Å². The van der Waals surface area contributed by atoms with Gasteiger partial charge in [0.05, 0.1) is 0 Å².